The van der Waals surface area contributed by atoms with Crippen LogP contribution in [-0.2, 0) is 0 Å². The first kappa shape index (κ1) is 26.3. The number of aliphatic imine (C=N–C) groups is 1. The van der Waals surface area contributed by atoms with Crippen LogP contribution in [0.2, 0.25) is 10.0 Å². The summed E-state index contributed by atoms with van der Waals surface area (Å²) in [6.07, 6.45) is 1.45. The van der Waals surface area contributed by atoms with Gasteiger partial charge >= 0.3 is 0 Å². The Morgan fingerprint density at radius 1 is 0.872 bits per heavy atom. The van der Waals surface area contributed by atoms with E-state index < -0.39 is 16.2 Å². The summed E-state index contributed by atoms with van der Waals surface area (Å²) >= 11 is 18.6. The minimum absolute atomic E-state index is 0.400. The second-order valence-electron chi connectivity index (χ2n) is 10.9. The number of hydrogen-bond donors (Lipinski definition) is 0. The molecule has 2 bridgehead atoms. The van der Waals surface area contributed by atoms with Crippen LogP contribution in [0.5, 0.6) is 0 Å². The Labute approximate surface area is 244 Å². The molecule has 3 saturated heterocycles. The summed E-state index contributed by atoms with van der Waals surface area (Å²) in [5.74, 6) is 0.703. The lowest BCUT2D eigenvalue weighted by atomic mass is 9.43. The molecule has 2 unspecified atom stereocenters. The van der Waals surface area contributed by atoms with Crippen molar-refractivity contribution in [3.63, 3.8) is 0 Å². The van der Waals surface area contributed by atoms with Crippen molar-refractivity contribution in [3.05, 3.63) is 58.6 Å². The van der Waals surface area contributed by atoms with E-state index in [2.05, 4.69) is 33.8 Å². The average molecular weight is 579 g/mol. The van der Waals surface area contributed by atoms with Crippen LogP contribution in [0.3, 0.4) is 0 Å². The number of hydrogen-bond acceptors (Lipinski definition) is 7. The van der Waals surface area contributed by atoms with Gasteiger partial charge in [0.25, 0.3) is 0 Å². The van der Waals surface area contributed by atoms with E-state index in [-0.39, 0.29) is 0 Å². The lowest BCUT2D eigenvalue weighted by Gasteiger charge is -2.68. The van der Waals surface area contributed by atoms with Crippen LogP contribution in [0.4, 0.5) is 11.4 Å². The quantitative estimate of drug-likeness (QED) is 0.451. The van der Waals surface area contributed by atoms with E-state index in [4.69, 9.17) is 40.4 Å². The number of nitrogens with zero attached hydrogens (tertiary/aromatic N) is 7. The van der Waals surface area contributed by atoms with Crippen LogP contribution >= 0.6 is 35.4 Å². The average Bonchev–Trinajstić information content (AvgIpc) is 2.97. The molecule has 4 heterocycles. The van der Waals surface area contributed by atoms with E-state index in [1.165, 1.54) is 0 Å². The molecule has 0 N–H and O–H groups in total. The van der Waals surface area contributed by atoms with Crippen molar-refractivity contribution in [1.82, 2.24) is 9.80 Å². The van der Waals surface area contributed by atoms with Gasteiger partial charge in [-0.05, 0) is 81.0 Å². The lowest BCUT2D eigenvalue weighted by molar-refractivity contribution is -0.0434. The molecular weight excluding hydrogens is 549 g/mol. The third-order valence-electron chi connectivity index (χ3n) is 9.36. The predicted molar refractivity (Wildman–Crippen MR) is 159 cm³/mol. The summed E-state index contributed by atoms with van der Waals surface area (Å²) in [5, 5.41) is 23.6. The molecule has 10 heteroatoms. The number of likely N-dealkylation sites (tertiary alicyclic amines) is 1. The van der Waals surface area contributed by atoms with Gasteiger partial charge in [-0.2, -0.15) is 10.5 Å². The van der Waals surface area contributed by atoms with Gasteiger partial charge in [0.05, 0.1) is 18.8 Å². The van der Waals surface area contributed by atoms with Crippen molar-refractivity contribution in [1.29, 1.82) is 10.5 Å². The number of amidine groups is 1. The van der Waals surface area contributed by atoms with E-state index in [1.807, 2.05) is 53.4 Å². The summed E-state index contributed by atoms with van der Waals surface area (Å²) in [6.45, 7) is 6.46. The summed E-state index contributed by atoms with van der Waals surface area (Å²) in [6, 6.07) is 20.8. The van der Waals surface area contributed by atoms with Gasteiger partial charge in [0, 0.05) is 39.9 Å². The Balaban J connectivity index is 1.51. The molecule has 2 aromatic carbocycles. The molecule has 0 aromatic heterocycles. The largest absolute Gasteiger partial charge is 0.367 e. The number of anilines is 2. The second-order valence-corrected chi connectivity index (χ2v) is 12.2. The van der Waals surface area contributed by atoms with Crippen LogP contribution in [0.1, 0.15) is 19.8 Å². The van der Waals surface area contributed by atoms with E-state index in [1.54, 1.807) is 0 Å². The number of piperidine rings is 3. The minimum Gasteiger partial charge on any atom is -0.367 e. The third-order valence-corrected chi connectivity index (χ3v) is 10.4. The van der Waals surface area contributed by atoms with E-state index in [9.17, 15) is 10.5 Å². The molecule has 0 saturated carbocycles. The van der Waals surface area contributed by atoms with E-state index in [0.717, 1.165) is 43.9 Å². The predicted octanol–water partition coefficient (Wildman–Crippen LogP) is 5.41. The lowest BCUT2D eigenvalue weighted by Crippen LogP contribution is -2.80. The summed E-state index contributed by atoms with van der Waals surface area (Å²) < 4.78 is 0. The van der Waals surface area contributed by atoms with Crippen molar-refractivity contribution in [2.45, 2.75) is 19.8 Å². The van der Waals surface area contributed by atoms with Crippen molar-refractivity contribution in [3.8, 4) is 12.1 Å². The summed E-state index contributed by atoms with van der Waals surface area (Å²) in [5.41, 5.74) is -0.791. The summed E-state index contributed by atoms with van der Waals surface area (Å²) in [7, 11) is 0. The van der Waals surface area contributed by atoms with Gasteiger partial charge in [0.15, 0.2) is 0 Å². The summed E-state index contributed by atoms with van der Waals surface area (Å²) in [4.78, 5) is 14.3. The van der Waals surface area contributed by atoms with Crippen molar-refractivity contribution in [2.75, 3.05) is 55.9 Å². The highest BCUT2D eigenvalue weighted by Gasteiger charge is 2.76. The molecule has 0 amide bonds. The number of halogens is 2. The van der Waals surface area contributed by atoms with Gasteiger partial charge in [-0.25, -0.2) is 4.99 Å². The van der Waals surface area contributed by atoms with Crippen LogP contribution < -0.4 is 9.80 Å². The van der Waals surface area contributed by atoms with E-state index >= 15 is 0 Å². The Morgan fingerprint density at radius 3 is 1.95 bits per heavy atom. The Morgan fingerprint density at radius 2 is 1.41 bits per heavy atom. The van der Waals surface area contributed by atoms with Gasteiger partial charge in [-0.3, -0.25) is 0 Å². The standard InChI is InChI=1S/C29H29Cl2N7S/c1-2-35-13-11-29(12-14-35)27(15-32)17-36(23-7-3-21(30)4-8-23)18-28(29,16-33)26(39)38-20-37(19-34-25(27)38)24-9-5-22(31)6-10-24/h3-10H,2,11-14,17-20H2,1H3. The van der Waals surface area contributed by atoms with Crippen molar-refractivity contribution >= 4 is 57.6 Å². The molecule has 7 nitrogen and oxygen atoms in total. The molecule has 4 aliphatic rings. The first-order valence-corrected chi connectivity index (χ1v) is 14.4. The molecule has 1 spiro atoms. The molecule has 3 fully saturated rings. The molecule has 2 aromatic rings. The first-order valence-electron chi connectivity index (χ1n) is 13.3. The highest BCUT2D eigenvalue weighted by Crippen LogP contribution is 2.66. The molecule has 2 atom stereocenters. The smallest absolute Gasteiger partial charge is 0.140 e. The van der Waals surface area contributed by atoms with E-state index in [0.29, 0.717) is 47.3 Å². The van der Waals surface area contributed by atoms with Crippen LogP contribution in [-0.4, -0.2) is 66.7 Å². The zero-order valence-electron chi connectivity index (χ0n) is 21.8. The van der Waals surface area contributed by atoms with Crippen molar-refractivity contribution in [2.24, 2.45) is 21.2 Å². The maximum absolute atomic E-state index is 11.2. The minimum atomic E-state index is -1.04. The highest BCUT2D eigenvalue weighted by atomic mass is 35.5. The zero-order chi connectivity index (χ0) is 27.4. The molecule has 200 valence electrons. The Kier molecular flexibility index (Phi) is 6.51. The van der Waals surface area contributed by atoms with Gasteiger partial charge in [0.2, 0.25) is 0 Å². The first-order chi connectivity index (χ1) is 18.8. The maximum Gasteiger partial charge on any atom is 0.140 e. The van der Waals surface area contributed by atoms with Crippen LogP contribution in [0, 0.1) is 38.9 Å². The number of fused-ring (bicyclic) bond motifs is 2. The van der Waals surface area contributed by atoms with Crippen molar-refractivity contribution < 1.29 is 0 Å². The number of rotatable bonds is 3. The van der Waals surface area contributed by atoms with Gasteiger partial charge in [-0.1, -0.05) is 42.3 Å². The second kappa shape index (κ2) is 9.64. The molecule has 39 heavy (non-hydrogen) atoms. The van der Waals surface area contributed by atoms with Crippen LogP contribution in [0.25, 0.3) is 0 Å². The van der Waals surface area contributed by atoms with Crippen LogP contribution in [0.15, 0.2) is 53.5 Å². The SMILES string of the molecule is CCN1CCC2(CC1)C1(C#N)CN(c3ccc(Cl)cc3)CC2(C#N)C2=NCN(c3ccc(Cl)cc3)CN2C1=S. The zero-order valence-corrected chi connectivity index (χ0v) is 24.1. The molecular formula is C29H29Cl2N7S. The Hall–Kier alpha value is -2.88. The number of thiocarbonyl (C=S) groups is 1. The molecule has 6 rings (SSSR count). The normalized spacial score (nSPS) is 28.0. The van der Waals surface area contributed by atoms with Gasteiger partial charge in [0.1, 0.15) is 28.3 Å². The molecule has 0 aliphatic carbocycles. The maximum atomic E-state index is 11.2. The third kappa shape index (κ3) is 3.69. The van der Waals surface area contributed by atoms with Gasteiger partial charge in [-0.15, -0.1) is 0 Å². The van der Waals surface area contributed by atoms with Gasteiger partial charge < -0.3 is 19.6 Å². The fourth-order valence-corrected chi connectivity index (χ4v) is 7.97. The fourth-order valence-electron chi connectivity index (χ4n) is 7.27. The fraction of sp³-hybridized carbons (Fsp3) is 0.448. The molecule has 4 aliphatic heterocycles. The number of benzene rings is 2. The molecule has 0 radical (unpaired) electrons. The highest BCUT2D eigenvalue weighted by molar-refractivity contribution is 7.80. The Bertz CT molecular complexity index is 1410. The monoisotopic (exact) mass is 577 g/mol. The topological polar surface area (TPSA) is 72.9 Å². The number of nitriles is 2.